The second-order valence-corrected chi connectivity index (χ2v) is 8.37. The normalized spacial score (nSPS) is 12.9. The van der Waals surface area contributed by atoms with Gasteiger partial charge in [-0.15, -0.1) is 10.2 Å². The summed E-state index contributed by atoms with van der Waals surface area (Å²) in [5.74, 6) is 0.905. The number of ether oxygens (including phenoxy) is 2. The van der Waals surface area contributed by atoms with Crippen LogP contribution in [-0.4, -0.2) is 44.0 Å². The molecule has 0 radical (unpaired) electrons. The number of hydrogen-bond donors (Lipinski definition) is 1. The molecule has 0 aliphatic carbocycles. The van der Waals surface area contributed by atoms with Crippen LogP contribution in [0.5, 0.6) is 11.5 Å². The lowest BCUT2D eigenvalue weighted by atomic mass is 10.2. The first kappa shape index (κ1) is 21.3. The van der Waals surface area contributed by atoms with Gasteiger partial charge in [-0.3, -0.25) is 18.6 Å². The molecule has 3 heterocycles. The van der Waals surface area contributed by atoms with Gasteiger partial charge in [0.2, 0.25) is 11.7 Å². The Hall–Kier alpha value is -3.60. The molecule has 1 N–H and O–H groups in total. The van der Waals surface area contributed by atoms with Crippen LogP contribution >= 0.6 is 11.8 Å². The minimum atomic E-state index is -0.497. The molecule has 0 saturated heterocycles. The number of amides is 1. The first-order chi connectivity index (χ1) is 16.0. The maximum Gasteiger partial charge on any atom is 0.262 e. The summed E-state index contributed by atoms with van der Waals surface area (Å²) in [6.07, 6.45) is 0.698. The number of nitrogens with zero attached hydrogens (tertiary/aromatic N) is 4. The number of benzene rings is 2. The van der Waals surface area contributed by atoms with Gasteiger partial charge in [0.15, 0.2) is 16.7 Å². The van der Waals surface area contributed by atoms with Crippen molar-refractivity contribution in [2.45, 2.75) is 25.0 Å². The molecule has 11 heteroatoms. The van der Waals surface area contributed by atoms with Crippen LogP contribution in [0, 0.1) is 5.82 Å². The van der Waals surface area contributed by atoms with E-state index in [0.29, 0.717) is 59.8 Å². The van der Waals surface area contributed by atoms with Crippen LogP contribution in [0.2, 0.25) is 0 Å². The van der Waals surface area contributed by atoms with Gasteiger partial charge in [0.05, 0.1) is 16.7 Å². The quantitative estimate of drug-likeness (QED) is 0.433. The first-order valence-corrected chi connectivity index (χ1v) is 11.4. The number of anilines is 1. The number of nitrogens with one attached hydrogen (secondary N) is 1. The number of carbonyl (C=O) groups excluding carboxylic acids is 1. The largest absolute Gasteiger partial charge is 0.486 e. The lowest BCUT2D eigenvalue weighted by Crippen LogP contribution is -2.23. The van der Waals surface area contributed by atoms with Crippen LogP contribution in [0.3, 0.4) is 0 Å². The molecule has 0 spiro atoms. The van der Waals surface area contributed by atoms with Crippen LogP contribution < -0.4 is 20.3 Å². The van der Waals surface area contributed by atoms with Crippen molar-refractivity contribution in [1.29, 1.82) is 0 Å². The van der Waals surface area contributed by atoms with E-state index in [1.807, 2.05) is 6.92 Å². The Labute approximate surface area is 191 Å². The molecule has 0 fully saturated rings. The number of aryl methyl sites for hydroxylation is 1. The van der Waals surface area contributed by atoms with Crippen molar-refractivity contribution in [3.63, 3.8) is 0 Å². The number of rotatable bonds is 6. The van der Waals surface area contributed by atoms with Gasteiger partial charge in [0, 0.05) is 18.3 Å². The summed E-state index contributed by atoms with van der Waals surface area (Å²) in [4.78, 5) is 25.5. The fourth-order valence-electron chi connectivity index (χ4n) is 3.73. The Morgan fingerprint density at radius 2 is 1.97 bits per heavy atom. The molecule has 2 aromatic heterocycles. The SMILES string of the molecule is CCCn1c(=O)c2cc(F)ccc2n2c(SCC(=O)Nc3ccc4c(c3)OCCO4)nnc12. The Balaban J connectivity index is 1.42. The highest BCUT2D eigenvalue weighted by molar-refractivity contribution is 7.99. The lowest BCUT2D eigenvalue weighted by Gasteiger charge is -2.18. The molecule has 4 aromatic rings. The van der Waals surface area contributed by atoms with E-state index in [1.54, 1.807) is 22.6 Å². The van der Waals surface area contributed by atoms with Crippen molar-refractivity contribution in [1.82, 2.24) is 19.2 Å². The summed E-state index contributed by atoms with van der Waals surface area (Å²) in [6, 6.07) is 9.24. The first-order valence-electron chi connectivity index (χ1n) is 10.4. The molecule has 33 heavy (non-hydrogen) atoms. The van der Waals surface area contributed by atoms with E-state index in [9.17, 15) is 14.0 Å². The van der Waals surface area contributed by atoms with E-state index < -0.39 is 5.82 Å². The zero-order chi connectivity index (χ0) is 22.9. The van der Waals surface area contributed by atoms with Gasteiger partial charge in [-0.1, -0.05) is 18.7 Å². The fourth-order valence-corrected chi connectivity index (χ4v) is 4.47. The smallest absolute Gasteiger partial charge is 0.262 e. The monoisotopic (exact) mass is 469 g/mol. The number of aromatic nitrogens is 4. The maximum absolute atomic E-state index is 13.9. The van der Waals surface area contributed by atoms with Crippen LogP contribution in [0.15, 0.2) is 46.3 Å². The van der Waals surface area contributed by atoms with E-state index in [0.717, 1.165) is 0 Å². The third kappa shape index (κ3) is 3.99. The molecule has 170 valence electrons. The van der Waals surface area contributed by atoms with Crippen molar-refractivity contribution in [3.8, 4) is 11.5 Å². The van der Waals surface area contributed by atoms with Crippen LogP contribution in [0.4, 0.5) is 10.1 Å². The van der Waals surface area contributed by atoms with E-state index in [1.165, 1.54) is 34.5 Å². The predicted molar refractivity (Wildman–Crippen MR) is 122 cm³/mol. The van der Waals surface area contributed by atoms with Gasteiger partial charge < -0.3 is 14.8 Å². The number of fused-ring (bicyclic) bond motifs is 4. The predicted octanol–water partition coefficient (Wildman–Crippen LogP) is 3.10. The number of hydrogen-bond acceptors (Lipinski definition) is 7. The van der Waals surface area contributed by atoms with Crippen LogP contribution in [-0.2, 0) is 11.3 Å². The van der Waals surface area contributed by atoms with Gasteiger partial charge >= 0.3 is 0 Å². The molecule has 5 rings (SSSR count). The molecule has 1 aliphatic heterocycles. The van der Waals surface area contributed by atoms with E-state index in [2.05, 4.69) is 15.5 Å². The Morgan fingerprint density at radius 1 is 1.15 bits per heavy atom. The van der Waals surface area contributed by atoms with E-state index >= 15 is 0 Å². The van der Waals surface area contributed by atoms with Crippen molar-refractivity contribution in [2.75, 3.05) is 24.3 Å². The van der Waals surface area contributed by atoms with Crippen molar-refractivity contribution in [3.05, 3.63) is 52.6 Å². The molecular weight excluding hydrogens is 449 g/mol. The third-order valence-electron chi connectivity index (χ3n) is 5.14. The molecule has 2 aromatic carbocycles. The second-order valence-electron chi connectivity index (χ2n) is 7.43. The van der Waals surface area contributed by atoms with Gasteiger partial charge in [-0.05, 0) is 36.8 Å². The van der Waals surface area contributed by atoms with Gasteiger partial charge in [-0.2, -0.15) is 0 Å². The summed E-state index contributed by atoms with van der Waals surface area (Å²) in [7, 11) is 0. The Bertz CT molecular complexity index is 1430. The summed E-state index contributed by atoms with van der Waals surface area (Å²) in [5.41, 5.74) is 0.760. The summed E-state index contributed by atoms with van der Waals surface area (Å²) in [5, 5.41) is 11.9. The van der Waals surface area contributed by atoms with E-state index in [4.69, 9.17) is 9.47 Å². The van der Waals surface area contributed by atoms with Gasteiger partial charge in [-0.25, -0.2) is 4.39 Å². The number of halogens is 1. The highest BCUT2D eigenvalue weighted by Gasteiger charge is 2.18. The number of thioether (sulfide) groups is 1. The Kier molecular flexibility index (Phi) is 5.63. The average Bonchev–Trinajstić information content (AvgIpc) is 3.24. The molecule has 0 bridgehead atoms. The average molecular weight is 469 g/mol. The minimum Gasteiger partial charge on any atom is -0.486 e. The summed E-state index contributed by atoms with van der Waals surface area (Å²) in [6.45, 7) is 3.31. The molecule has 0 saturated carbocycles. The van der Waals surface area contributed by atoms with Crippen LogP contribution in [0.1, 0.15) is 13.3 Å². The van der Waals surface area contributed by atoms with Gasteiger partial charge in [0.25, 0.3) is 5.56 Å². The molecular formula is C22H20FN5O4S. The highest BCUT2D eigenvalue weighted by atomic mass is 32.2. The zero-order valence-corrected chi connectivity index (χ0v) is 18.5. The molecule has 0 unspecified atom stereocenters. The zero-order valence-electron chi connectivity index (χ0n) is 17.7. The lowest BCUT2D eigenvalue weighted by molar-refractivity contribution is -0.113. The second kappa shape index (κ2) is 8.74. The van der Waals surface area contributed by atoms with Crippen LogP contribution in [0.25, 0.3) is 16.7 Å². The Morgan fingerprint density at radius 3 is 2.79 bits per heavy atom. The van der Waals surface area contributed by atoms with Gasteiger partial charge in [0.1, 0.15) is 19.0 Å². The fraction of sp³-hybridized carbons (Fsp3) is 0.273. The molecule has 0 atom stereocenters. The topological polar surface area (TPSA) is 99.8 Å². The third-order valence-corrected chi connectivity index (χ3v) is 6.07. The molecule has 1 aliphatic rings. The standard InChI is InChI=1S/C22H20FN5O4S/c1-2-7-27-20(30)15-10-13(23)3-5-16(15)28-21(27)25-26-22(28)33-12-19(29)24-14-4-6-17-18(11-14)32-9-8-31-17/h3-6,10-11H,2,7-9,12H2,1H3,(H,24,29). The molecule has 9 nitrogen and oxygen atoms in total. The summed E-state index contributed by atoms with van der Waals surface area (Å²) < 4.78 is 28.1. The maximum atomic E-state index is 13.9. The minimum absolute atomic E-state index is 0.0603. The molecule has 1 amide bonds. The highest BCUT2D eigenvalue weighted by Crippen LogP contribution is 2.32. The van der Waals surface area contributed by atoms with Crippen molar-refractivity contribution in [2.24, 2.45) is 0 Å². The number of carbonyl (C=O) groups is 1. The summed E-state index contributed by atoms with van der Waals surface area (Å²) >= 11 is 1.18. The van der Waals surface area contributed by atoms with E-state index in [-0.39, 0.29) is 22.6 Å². The van der Waals surface area contributed by atoms with Crippen molar-refractivity contribution >= 4 is 40.0 Å². The van der Waals surface area contributed by atoms with Crippen molar-refractivity contribution < 1.29 is 18.7 Å².